The molecule has 0 saturated heterocycles. The molecule has 0 N–H and O–H groups in total. The lowest BCUT2D eigenvalue weighted by Gasteiger charge is -2.27. The third-order valence-electron chi connectivity index (χ3n) is 4.50. The quantitative estimate of drug-likeness (QED) is 0.806. The predicted octanol–water partition coefficient (Wildman–Crippen LogP) is 3.73. The molecular weight excluding hydrogens is 298 g/mol. The second-order valence-electron chi connectivity index (χ2n) is 6.19. The minimum absolute atomic E-state index is 0.341. The summed E-state index contributed by atoms with van der Waals surface area (Å²) < 4.78 is 7.81. The molecule has 1 fully saturated rings. The third kappa shape index (κ3) is 3.30. The van der Waals surface area contributed by atoms with Crippen LogP contribution in [0.4, 0.5) is 0 Å². The molecule has 0 amide bonds. The van der Waals surface area contributed by atoms with Gasteiger partial charge in [0.1, 0.15) is 5.52 Å². The van der Waals surface area contributed by atoms with E-state index >= 15 is 0 Å². The van der Waals surface area contributed by atoms with Crippen LogP contribution in [0, 0.1) is 30.1 Å². The Kier molecular flexibility index (Phi) is 5.18. The van der Waals surface area contributed by atoms with Crippen molar-refractivity contribution in [1.29, 1.82) is 0 Å². The molecule has 4 heteroatoms. The van der Waals surface area contributed by atoms with Crippen molar-refractivity contribution in [2.45, 2.75) is 51.2 Å². The van der Waals surface area contributed by atoms with E-state index in [4.69, 9.17) is 11.2 Å². The van der Waals surface area contributed by atoms with Gasteiger partial charge in [0, 0.05) is 12.5 Å². The highest BCUT2D eigenvalue weighted by Crippen LogP contribution is 2.28. The average Bonchev–Trinajstić information content (AvgIpc) is 3.06. The van der Waals surface area contributed by atoms with Crippen LogP contribution >= 0.6 is 0 Å². The maximum atomic E-state index is 6.06. The number of rotatable bonds is 4. The molecule has 1 unspecified atom stereocenters. The van der Waals surface area contributed by atoms with Gasteiger partial charge in [-0.15, -0.1) is 17.4 Å². The maximum Gasteiger partial charge on any atom is 0.237 e. The summed E-state index contributed by atoms with van der Waals surface area (Å²) in [6.45, 7) is 2.46. The molecule has 0 aliphatic heterocycles. The number of aromatic nitrogens is 3. The van der Waals surface area contributed by atoms with E-state index in [1.165, 1.54) is 19.3 Å². The Hall–Kier alpha value is -2.30. The summed E-state index contributed by atoms with van der Waals surface area (Å²) in [5.41, 5.74) is 0.758. The lowest BCUT2D eigenvalue weighted by atomic mass is 9.89. The van der Waals surface area contributed by atoms with Gasteiger partial charge in [0.2, 0.25) is 5.72 Å². The van der Waals surface area contributed by atoms with Gasteiger partial charge in [-0.1, -0.05) is 42.5 Å². The molecule has 24 heavy (non-hydrogen) atoms. The van der Waals surface area contributed by atoms with Crippen LogP contribution in [0.2, 0.25) is 0 Å². The SMILES string of the molecule is C#CCC(C#CC1CCCCC1)(OCC)n1nnc2ccccc21. The Morgan fingerprint density at radius 2 is 2.08 bits per heavy atom. The van der Waals surface area contributed by atoms with Crippen LogP contribution in [-0.2, 0) is 10.5 Å². The summed E-state index contributed by atoms with van der Waals surface area (Å²) in [6, 6.07) is 7.81. The molecule has 1 heterocycles. The van der Waals surface area contributed by atoms with Crippen LogP contribution in [-0.4, -0.2) is 21.6 Å². The summed E-state index contributed by atoms with van der Waals surface area (Å²) in [6.07, 6.45) is 12.1. The van der Waals surface area contributed by atoms with Crippen molar-refractivity contribution in [3.8, 4) is 24.2 Å². The van der Waals surface area contributed by atoms with Crippen molar-refractivity contribution in [2.24, 2.45) is 5.92 Å². The van der Waals surface area contributed by atoms with Crippen LogP contribution in [0.15, 0.2) is 24.3 Å². The lowest BCUT2D eigenvalue weighted by Crippen LogP contribution is -2.36. The standard InChI is InChI=1S/C20H23N3O/c1-3-15-20(24-4-2,16-14-17-10-6-5-7-11-17)23-19-13-9-8-12-18(19)21-22-23/h1,8-9,12-13,17H,4-7,10-11,15H2,2H3. The monoisotopic (exact) mass is 321 g/mol. The summed E-state index contributed by atoms with van der Waals surface area (Å²) >= 11 is 0. The average molecular weight is 321 g/mol. The van der Waals surface area contributed by atoms with Gasteiger partial charge in [-0.3, -0.25) is 0 Å². The fourth-order valence-corrected chi connectivity index (χ4v) is 3.29. The zero-order valence-electron chi connectivity index (χ0n) is 14.2. The van der Waals surface area contributed by atoms with Gasteiger partial charge in [0.25, 0.3) is 0 Å². The number of nitrogens with zero attached hydrogens (tertiary/aromatic N) is 3. The topological polar surface area (TPSA) is 39.9 Å². The maximum absolute atomic E-state index is 6.06. The summed E-state index contributed by atoms with van der Waals surface area (Å²) in [7, 11) is 0. The number of hydrogen-bond acceptors (Lipinski definition) is 3. The summed E-state index contributed by atoms with van der Waals surface area (Å²) in [5.74, 6) is 9.91. The van der Waals surface area contributed by atoms with Crippen molar-refractivity contribution in [3.63, 3.8) is 0 Å². The van der Waals surface area contributed by atoms with Gasteiger partial charge in [-0.05, 0) is 37.8 Å². The fraction of sp³-hybridized carbons (Fsp3) is 0.500. The number of hydrogen-bond donors (Lipinski definition) is 0. The van der Waals surface area contributed by atoms with E-state index < -0.39 is 5.72 Å². The van der Waals surface area contributed by atoms with Gasteiger partial charge in [0.15, 0.2) is 0 Å². The number of benzene rings is 1. The molecule has 2 aromatic rings. The fourth-order valence-electron chi connectivity index (χ4n) is 3.29. The van der Waals surface area contributed by atoms with E-state index in [1.54, 1.807) is 4.68 Å². The first kappa shape index (κ1) is 16.6. The van der Waals surface area contributed by atoms with E-state index in [9.17, 15) is 0 Å². The largest absolute Gasteiger partial charge is 0.343 e. The van der Waals surface area contributed by atoms with Crippen molar-refractivity contribution in [3.05, 3.63) is 24.3 Å². The van der Waals surface area contributed by atoms with Crippen LogP contribution < -0.4 is 0 Å². The molecule has 0 bridgehead atoms. The highest BCUT2D eigenvalue weighted by atomic mass is 16.5. The van der Waals surface area contributed by atoms with Crippen molar-refractivity contribution >= 4 is 11.0 Å². The number of ether oxygens (including phenoxy) is 1. The first-order valence-electron chi connectivity index (χ1n) is 8.70. The highest BCUT2D eigenvalue weighted by Gasteiger charge is 2.33. The number of fused-ring (bicyclic) bond motifs is 1. The van der Waals surface area contributed by atoms with Crippen LogP contribution in [0.3, 0.4) is 0 Å². The van der Waals surface area contributed by atoms with E-state index in [0.29, 0.717) is 18.9 Å². The summed E-state index contributed by atoms with van der Waals surface area (Å²) in [4.78, 5) is 0. The van der Waals surface area contributed by atoms with E-state index in [0.717, 1.165) is 23.9 Å². The molecule has 1 saturated carbocycles. The summed E-state index contributed by atoms with van der Waals surface area (Å²) in [5, 5.41) is 8.55. The molecule has 0 radical (unpaired) electrons. The van der Waals surface area contributed by atoms with Gasteiger partial charge in [-0.2, -0.15) is 0 Å². The normalized spacial score (nSPS) is 17.7. The molecule has 1 aliphatic rings. The Bertz CT molecular complexity index is 786. The molecule has 1 aliphatic carbocycles. The molecule has 1 aromatic carbocycles. The highest BCUT2D eigenvalue weighted by molar-refractivity contribution is 5.74. The van der Waals surface area contributed by atoms with Gasteiger partial charge in [-0.25, -0.2) is 4.68 Å². The van der Waals surface area contributed by atoms with Crippen molar-refractivity contribution in [2.75, 3.05) is 6.61 Å². The number of terminal acetylenes is 1. The van der Waals surface area contributed by atoms with Gasteiger partial charge < -0.3 is 4.74 Å². The zero-order chi connectivity index (χ0) is 16.8. The van der Waals surface area contributed by atoms with E-state index in [2.05, 4.69) is 28.1 Å². The lowest BCUT2D eigenvalue weighted by molar-refractivity contribution is -0.0564. The zero-order valence-corrected chi connectivity index (χ0v) is 14.2. The van der Waals surface area contributed by atoms with Crippen LogP contribution in [0.1, 0.15) is 45.4 Å². The minimum atomic E-state index is -0.947. The van der Waals surface area contributed by atoms with E-state index in [-0.39, 0.29) is 0 Å². The molecule has 1 atom stereocenters. The Labute approximate surface area is 143 Å². The Balaban J connectivity index is 2.04. The molecule has 124 valence electrons. The molecule has 0 spiro atoms. The second kappa shape index (κ2) is 7.51. The van der Waals surface area contributed by atoms with Gasteiger partial charge >= 0.3 is 0 Å². The molecule has 4 nitrogen and oxygen atoms in total. The van der Waals surface area contributed by atoms with Crippen molar-refractivity contribution in [1.82, 2.24) is 15.0 Å². The molecular formula is C20H23N3O. The Morgan fingerprint density at radius 3 is 2.83 bits per heavy atom. The smallest absolute Gasteiger partial charge is 0.237 e. The number of para-hydroxylation sites is 1. The molecule has 3 rings (SSSR count). The predicted molar refractivity (Wildman–Crippen MR) is 94.9 cm³/mol. The van der Waals surface area contributed by atoms with Gasteiger partial charge in [0.05, 0.1) is 11.9 Å². The van der Waals surface area contributed by atoms with Crippen LogP contribution in [0.25, 0.3) is 11.0 Å². The van der Waals surface area contributed by atoms with Crippen molar-refractivity contribution < 1.29 is 4.74 Å². The third-order valence-corrected chi connectivity index (χ3v) is 4.50. The van der Waals surface area contributed by atoms with Crippen LogP contribution in [0.5, 0.6) is 0 Å². The Morgan fingerprint density at radius 1 is 1.29 bits per heavy atom. The van der Waals surface area contributed by atoms with E-state index in [1.807, 2.05) is 31.2 Å². The second-order valence-corrected chi connectivity index (χ2v) is 6.19. The first-order valence-corrected chi connectivity index (χ1v) is 8.70. The first-order chi connectivity index (χ1) is 11.8. The molecule has 1 aromatic heterocycles. The minimum Gasteiger partial charge on any atom is -0.343 e.